The molecule has 0 aromatic carbocycles. The van der Waals surface area contributed by atoms with Crippen molar-refractivity contribution in [3.05, 3.63) is 11.1 Å². The Morgan fingerprint density at radius 2 is 2.57 bits per heavy atom. The molecule has 0 aliphatic carbocycles. The van der Waals surface area contributed by atoms with Crippen LogP contribution in [0.5, 0.6) is 0 Å². The third-order valence-electron chi connectivity index (χ3n) is 2.88. The predicted molar refractivity (Wildman–Crippen MR) is 60.6 cm³/mol. The summed E-state index contributed by atoms with van der Waals surface area (Å²) in [6, 6.07) is 0. The van der Waals surface area contributed by atoms with Gasteiger partial charge in [-0.1, -0.05) is 13.3 Å². The predicted octanol–water partition coefficient (Wildman–Crippen LogP) is 1.84. The number of nitrogens with two attached hydrogens (primary N) is 1. The Kier molecular flexibility index (Phi) is 3.03. The van der Waals surface area contributed by atoms with Gasteiger partial charge in [0.2, 0.25) is 0 Å². The molecule has 14 heavy (non-hydrogen) atoms. The number of hydrogen-bond donors (Lipinski definition) is 1. The largest absolute Gasteiger partial charge is 0.348 e. The summed E-state index contributed by atoms with van der Waals surface area (Å²) < 4.78 is 0. The van der Waals surface area contributed by atoms with Gasteiger partial charge in [-0.15, -0.1) is 11.3 Å². The third kappa shape index (κ3) is 1.91. The van der Waals surface area contributed by atoms with Crippen LogP contribution in [0.1, 0.15) is 25.5 Å². The van der Waals surface area contributed by atoms with E-state index >= 15 is 0 Å². The molecule has 0 spiro atoms. The van der Waals surface area contributed by atoms with Crippen LogP contribution in [0.3, 0.4) is 0 Å². The van der Waals surface area contributed by atoms with Crippen molar-refractivity contribution in [2.45, 2.75) is 26.3 Å². The van der Waals surface area contributed by atoms with E-state index < -0.39 is 0 Å². The van der Waals surface area contributed by atoms with Crippen LogP contribution in [0.4, 0.5) is 5.13 Å². The van der Waals surface area contributed by atoms with Gasteiger partial charge in [0.05, 0.1) is 5.69 Å². The standard InChI is InChI=1S/C10H17N3S/c1-2-8-3-4-13(6-8)10-12-9(5-11)7-14-10/h7-8H,2-6,11H2,1H3. The topological polar surface area (TPSA) is 42.2 Å². The first-order valence-corrected chi connectivity index (χ1v) is 6.11. The van der Waals surface area contributed by atoms with Crippen LogP contribution in [-0.4, -0.2) is 18.1 Å². The summed E-state index contributed by atoms with van der Waals surface area (Å²) in [5.74, 6) is 0.861. The molecule has 1 aromatic rings. The van der Waals surface area contributed by atoms with Crippen LogP contribution in [0.15, 0.2) is 5.38 Å². The van der Waals surface area contributed by atoms with E-state index in [-0.39, 0.29) is 0 Å². The Balaban J connectivity index is 2.02. The van der Waals surface area contributed by atoms with Gasteiger partial charge in [0.1, 0.15) is 0 Å². The lowest BCUT2D eigenvalue weighted by atomic mass is 10.1. The van der Waals surface area contributed by atoms with Gasteiger partial charge in [-0.3, -0.25) is 0 Å². The molecule has 1 aliphatic rings. The summed E-state index contributed by atoms with van der Waals surface area (Å²) in [6.07, 6.45) is 2.60. The highest BCUT2D eigenvalue weighted by Gasteiger charge is 2.22. The van der Waals surface area contributed by atoms with E-state index in [4.69, 9.17) is 5.73 Å². The first-order chi connectivity index (χ1) is 6.83. The van der Waals surface area contributed by atoms with E-state index in [1.54, 1.807) is 11.3 Å². The summed E-state index contributed by atoms with van der Waals surface area (Å²) in [6.45, 7) is 5.16. The molecule has 0 radical (unpaired) electrons. The molecule has 1 atom stereocenters. The smallest absolute Gasteiger partial charge is 0.185 e. The number of rotatable bonds is 3. The summed E-state index contributed by atoms with van der Waals surface area (Å²) in [5, 5.41) is 3.22. The fourth-order valence-electron chi connectivity index (χ4n) is 1.87. The van der Waals surface area contributed by atoms with Gasteiger partial charge in [-0.2, -0.15) is 0 Å². The maximum absolute atomic E-state index is 5.54. The molecule has 3 nitrogen and oxygen atoms in total. The number of anilines is 1. The van der Waals surface area contributed by atoms with E-state index in [0.29, 0.717) is 6.54 Å². The molecule has 0 saturated carbocycles. The molecule has 1 aromatic heterocycles. The molecule has 2 N–H and O–H groups in total. The van der Waals surface area contributed by atoms with Gasteiger partial charge in [-0.25, -0.2) is 4.98 Å². The minimum absolute atomic E-state index is 0.557. The molecule has 1 aliphatic heterocycles. The number of thiazole rings is 1. The molecule has 4 heteroatoms. The molecule has 2 heterocycles. The Hall–Kier alpha value is -0.610. The number of aromatic nitrogens is 1. The molecule has 1 fully saturated rings. The van der Waals surface area contributed by atoms with E-state index in [0.717, 1.165) is 23.3 Å². The fourth-order valence-corrected chi connectivity index (χ4v) is 2.75. The zero-order chi connectivity index (χ0) is 9.97. The number of nitrogens with zero attached hydrogens (tertiary/aromatic N) is 2. The normalized spacial score (nSPS) is 21.9. The van der Waals surface area contributed by atoms with Gasteiger partial charge < -0.3 is 10.6 Å². The lowest BCUT2D eigenvalue weighted by Crippen LogP contribution is -2.19. The van der Waals surface area contributed by atoms with Crippen LogP contribution in [0.2, 0.25) is 0 Å². The van der Waals surface area contributed by atoms with Crippen LogP contribution < -0.4 is 10.6 Å². The van der Waals surface area contributed by atoms with Gasteiger partial charge in [-0.05, 0) is 12.3 Å². The summed E-state index contributed by atoms with van der Waals surface area (Å²) in [4.78, 5) is 6.89. The van der Waals surface area contributed by atoms with Crippen molar-refractivity contribution in [3.63, 3.8) is 0 Å². The Bertz CT molecular complexity index is 297. The molecule has 1 unspecified atom stereocenters. The zero-order valence-electron chi connectivity index (χ0n) is 8.57. The summed E-state index contributed by atoms with van der Waals surface area (Å²) >= 11 is 1.72. The average molecular weight is 211 g/mol. The molecule has 0 amide bonds. The van der Waals surface area contributed by atoms with E-state index in [9.17, 15) is 0 Å². The molecule has 78 valence electrons. The maximum atomic E-state index is 5.54. The Morgan fingerprint density at radius 1 is 1.71 bits per heavy atom. The second-order valence-corrected chi connectivity index (χ2v) is 4.67. The molecule has 1 saturated heterocycles. The van der Waals surface area contributed by atoms with Gasteiger partial charge in [0.25, 0.3) is 0 Å². The van der Waals surface area contributed by atoms with Gasteiger partial charge >= 0.3 is 0 Å². The van der Waals surface area contributed by atoms with Crippen molar-refractivity contribution in [1.29, 1.82) is 0 Å². The SMILES string of the molecule is CCC1CCN(c2nc(CN)cs2)C1. The zero-order valence-corrected chi connectivity index (χ0v) is 9.39. The van der Waals surface area contributed by atoms with E-state index in [1.165, 1.54) is 19.4 Å². The van der Waals surface area contributed by atoms with Crippen molar-refractivity contribution in [2.75, 3.05) is 18.0 Å². The molecular formula is C10H17N3S. The van der Waals surface area contributed by atoms with Crippen molar-refractivity contribution in [1.82, 2.24) is 4.98 Å². The van der Waals surface area contributed by atoms with Crippen molar-refractivity contribution in [2.24, 2.45) is 11.7 Å². The van der Waals surface area contributed by atoms with Crippen LogP contribution in [0, 0.1) is 5.92 Å². The lowest BCUT2D eigenvalue weighted by Gasteiger charge is -2.13. The second-order valence-electron chi connectivity index (χ2n) is 3.83. The van der Waals surface area contributed by atoms with E-state index in [2.05, 4.69) is 22.2 Å². The second kappa shape index (κ2) is 4.28. The monoisotopic (exact) mass is 211 g/mol. The van der Waals surface area contributed by atoms with Gasteiger partial charge in [0, 0.05) is 25.0 Å². The van der Waals surface area contributed by atoms with Gasteiger partial charge in [0.15, 0.2) is 5.13 Å². The highest BCUT2D eigenvalue weighted by atomic mass is 32.1. The summed E-state index contributed by atoms with van der Waals surface area (Å²) in [5.41, 5.74) is 6.56. The molecule has 0 bridgehead atoms. The van der Waals surface area contributed by atoms with Crippen LogP contribution in [-0.2, 0) is 6.54 Å². The minimum atomic E-state index is 0.557. The highest BCUT2D eigenvalue weighted by Crippen LogP contribution is 2.27. The average Bonchev–Trinajstić information content (AvgIpc) is 2.86. The number of hydrogen-bond acceptors (Lipinski definition) is 4. The lowest BCUT2D eigenvalue weighted by molar-refractivity contribution is 0.569. The molecule has 2 rings (SSSR count). The third-order valence-corrected chi connectivity index (χ3v) is 3.83. The first kappa shape index (κ1) is 9.93. The quantitative estimate of drug-likeness (QED) is 0.829. The van der Waals surface area contributed by atoms with Crippen molar-refractivity contribution < 1.29 is 0 Å². The molecular weight excluding hydrogens is 194 g/mol. The maximum Gasteiger partial charge on any atom is 0.185 e. The van der Waals surface area contributed by atoms with Crippen LogP contribution in [0.25, 0.3) is 0 Å². The van der Waals surface area contributed by atoms with Crippen molar-refractivity contribution >= 4 is 16.5 Å². The van der Waals surface area contributed by atoms with Crippen molar-refractivity contribution in [3.8, 4) is 0 Å². The summed E-state index contributed by atoms with van der Waals surface area (Å²) in [7, 11) is 0. The van der Waals surface area contributed by atoms with Crippen LogP contribution >= 0.6 is 11.3 Å². The Morgan fingerprint density at radius 3 is 3.14 bits per heavy atom. The van der Waals surface area contributed by atoms with E-state index in [1.807, 2.05) is 0 Å². The fraction of sp³-hybridized carbons (Fsp3) is 0.700. The first-order valence-electron chi connectivity index (χ1n) is 5.23. The Labute approximate surface area is 88.9 Å². The highest BCUT2D eigenvalue weighted by molar-refractivity contribution is 7.13. The minimum Gasteiger partial charge on any atom is -0.348 e.